The number of nitrogens with zero attached hydrogens (tertiary/aromatic N) is 4. The molecule has 0 bridgehead atoms. The van der Waals surface area contributed by atoms with Gasteiger partial charge in [-0.25, -0.2) is 9.98 Å². The van der Waals surface area contributed by atoms with Gasteiger partial charge in [0.15, 0.2) is 5.96 Å². The van der Waals surface area contributed by atoms with Crippen molar-refractivity contribution in [3.63, 3.8) is 0 Å². The van der Waals surface area contributed by atoms with Crippen LogP contribution in [0.5, 0.6) is 0 Å². The van der Waals surface area contributed by atoms with E-state index in [0.29, 0.717) is 12.6 Å². The number of pyridine rings is 1. The van der Waals surface area contributed by atoms with Gasteiger partial charge in [-0.2, -0.15) is 0 Å². The molecule has 0 amide bonds. The van der Waals surface area contributed by atoms with Crippen LogP contribution in [0.4, 0.5) is 5.82 Å². The van der Waals surface area contributed by atoms with E-state index in [1.807, 2.05) is 6.20 Å². The third-order valence-electron chi connectivity index (χ3n) is 5.24. The van der Waals surface area contributed by atoms with E-state index in [2.05, 4.69) is 56.4 Å². The van der Waals surface area contributed by atoms with Crippen molar-refractivity contribution in [2.24, 2.45) is 4.99 Å². The third kappa shape index (κ3) is 6.07. The van der Waals surface area contributed by atoms with E-state index in [0.717, 1.165) is 82.6 Å². The topological polar surface area (TPSA) is 65.0 Å². The molecule has 1 atom stereocenters. The Hall–Kier alpha value is -1.86. The van der Waals surface area contributed by atoms with Crippen molar-refractivity contribution in [2.45, 2.75) is 39.3 Å². The first-order valence-corrected chi connectivity index (χ1v) is 10.3. The van der Waals surface area contributed by atoms with Crippen LogP contribution in [0.1, 0.15) is 32.3 Å². The fraction of sp³-hybridized carbons (Fsp3) is 0.700. The Balaban J connectivity index is 1.50. The Kier molecular flexibility index (Phi) is 7.71. The molecule has 1 aromatic heterocycles. The number of hydrogen-bond donors (Lipinski definition) is 2. The summed E-state index contributed by atoms with van der Waals surface area (Å²) >= 11 is 0. The van der Waals surface area contributed by atoms with Crippen molar-refractivity contribution in [2.75, 3.05) is 57.3 Å². The van der Waals surface area contributed by atoms with Gasteiger partial charge in [0, 0.05) is 52.1 Å². The fourth-order valence-corrected chi connectivity index (χ4v) is 3.52. The van der Waals surface area contributed by atoms with E-state index >= 15 is 0 Å². The van der Waals surface area contributed by atoms with Gasteiger partial charge in [0.25, 0.3) is 0 Å². The average molecular weight is 375 g/mol. The van der Waals surface area contributed by atoms with E-state index in [9.17, 15) is 0 Å². The Bertz CT molecular complexity index is 577. The predicted molar refractivity (Wildman–Crippen MR) is 110 cm³/mol. The number of ether oxygens (including phenoxy) is 1. The number of nitrogens with one attached hydrogen (secondary N) is 2. The number of hydrogen-bond acceptors (Lipinski definition) is 5. The maximum absolute atomic E-state index is 5.67. The predicted octanol–water partition coefficient (Wildman–Crippen LogP) is 1.46. The Morgan fingerprint density at radius 3 is 2.70 bits per heavy atom. The van der Waals surface area contributed by atoms with Crippen LogP contribution in [0.2, 0.25) is 0 Å². The number of piperazine rings is 1. The first kappa shape index (κ1) is 19.9. The van der Waals surface area contributed by atoms with Gasteiger partial charge in [0.2, 0.25) is 0 Å². The van der Waals surface area contributed by atoms with E-state index in [1.54, 1.807) is 0 Å². The maximum Gasteiger partial charge on any atom is 0.191 e. The molecule has 27 heavy (non-hydrogen) atoms. The molecule has 2 aliphatic rings. The lowest BCUT2D eigenvalue weighted by molar-refractivity contribution is 0.114. The van der Waals surface area contributed by atoms with Gasteiger partial charge in [-0.05, 0) is 37.9 Å². The monoisotopic (exact) mass is 374 g/mol. The summed E-state index contributed by atoms with van der Waals surface area (Å²) in [5.41, 5.74) is 1.13. The lowest BCUT2D eigenvalue weighted by Crippen LogP contribution is -2.46. The number of rotatable bonds is 7. The van der Waals surface area contributed by atoms with Crippen molar-refractivity contribution < 1.29 is 4.74 Å². The van der Waals surface area contributed by atoms with Crippen molar-refractivity contribution in [3.8, 4) is 0 Å². The quantitative estimate of drug-likeness (QED) is 0.556. The molecule has 150 valence electrons. The summed E-state index contributed by atoms with van der Waals surface area (Å²) in [6.45, 7) is 12.9. The molecule has 0 aliphatic carbocycles. The zero-order valence-electron chi connectivity index (χ0n) is 16.8. The highest BCUT2D eigenvalue weighted by atomic mass is 16.5. The van der Waals surface area contributed by atoms with Crippen molar-refractivity contribution in [3.05, 3.63) is 23.9 Å². The summed E-state index contributed by atoms with van der Waals surface area (Å²) in [4.78, 5) is 14.2. The number of aliphatic imine (C=N–C) groups is 1. The molecule has 0 radical (unpaired) electrons. The second-order valence-corrected chi connectivity index (χ2v) is 7.16. The zero-order valence-corrected chi connectivity index (χ0v) is 16.8. The third-order valence-corrected chi connectivity index (χ3v) is 5.24. The Morgan fingerprint density at radius 2 is 2.07 bits per heavy atom. The second kappa shape index (κ2) is 10.5. The molecule has 1 aromatic rings. The largest absolute Gasteiger partial charge is 0.376 e. The molecule has 1 unspecified atom stereocenters. The summed E-state index contributed by atoms with van der Waals surface area (Å²) in [7, 11) is 0. The highest BCUT2D eigenvalue weighted by Gasteiger charge is 2.17. The SMILES string of the molecule is CCNC(=NCc1ccc(N2CCN(CC)CC2)nc1)NCC1CCCO1. The second-order valence-electron chi connectivity index (χ2n) is 7.16. The van der Waals surface area contributed by atoms with Gasteiger partial charge in [0.05, 0.1) is 12.6 Å². The van der Waals surface area contributed by atoms with Crippen LogP contribution in [0.3, 0.4) is 0 Å². The molecule has 0 saturated carbocycles. The maximum atomic E-state index is 5.67. The molecule has 2 fully saturated rings. The van der Waals surface area contributed by atoms with Gasteiger partial charge in [-0.15, -0.1) is 0 Å². The normalized spacial score (nSPS) is 21.5. The molecule has 2 saturated heterocycles. The molecule has 7 nitrogen and oxygen atoms in total. The number of anilines is 1. The molecule has 3 rings (SSSR count). The standard InChI is InChI=1S/C20H34N6O/c1-3-21-20(24-16-18-6-5-13-27-18)23-15-17-7-8-19(22-14-17)26-11-9-25(4-2)10-12-26/h7-8,14,18H,3-6,9-13,15-16H2,1-2H3,(H2,21,23,24). The van der Waals surface area contributed by atoms with Crippen LogP contribution >= 0.6 is 0 Å². The van der Waals surface area contributed by atoms with Crippen LogP contribution in [0, 0.1) is 0 Å². The number of likely N-dealkylation sites (N-methyl/N-ethyl adjacent to an activating group) is 1. The molecule has 7 heteroatoms. The minimum Gasteiger partial charge on any atom is -0.376 e. The average Bonchev–Trinajstić information content (AvgIpc) is 3.24. The lowest BCUT2D eigenvalue weighted by Gasteiger charge is -2.34. The molecule has 0 spiro atoms. The number of aromatic nitrogens is 1. The van der Waals surface area contributed by atoms with E-state index < -0.39 is 0 Å². The molecular formula is C20H34N6O. The Labute approximate surface area is 163 Å². The summed E-state index contributed by atoms with van der Waals surface area (Å²) in [6.07, 6.45) is 4.55. The van der Waals surface area contributed by atoms with Crippen LogP contribution in [-0.2, 0) is 11.3 Å². The summed E-state index contributed by atoms with van der Waals surface area (Å²) < 4.78 is 5.67. The molecule has 2 aliphatic heterocycles. The van der Waals surface area contributed by atoms with Gasteiger partial charge in [-0.1, -0.05) is 13.0 Å². The van der Waals surface area contributed by atoms with Crippen LogP contribution < -0.4 is 15.5 Å². The van der Waals surface area contributed by atoms with E-state index in [4.69, 9.17) is 4.74 Å². The van der Waals surface area contributed by atoms with Crippen molar-refractivity contribution >= 4 is 11.8 Å². The Morgan fingerprint density at radius 1 is 1.22 bits per heavy atom. The lowest BCUT2D eigenvalue weighted by atomic mass is 10.2. The van der Waals surface area contributed by atoms with Crippen LogP contribution in [0.15, 0.2) is 23.3 Å². The molecular weight excluding hydrogens is 340 g/mol. The van der Waals surface area contributed by atoms with Crippen molar-refractivity contribution in [1.29, 1.82) is 0 Å². The molecule has 0 aromatic carbocycles. The highest BCUT2D eigenvalue weighted by Crippen LogP contribution is 2.14. The first-order valence-electron chi connectivity index (χ1n) is 10.3. The summed E-state index contributed by atoms with van der Waals surface area (Å²) in [5, 5.41) is 6.69. The van der Waals surface area contributed by atoms with Crippen LogP contribution in [0.25, 0.3) is 0 Å². The van der Waals surface area contributed by atoms with E-state index in [-0.39, 0.29) is 0 Å². The van der Waals surface area contributed by atoms with Gasteiger partial charge in [0.1, 0.15) is 5.82 Å². The highest BCUT2D eigenvalue weighted by molar-refractivity contribution is 5.79. The van der Waals surface area contributed by atoms with Crippen molar-refractivity contribution in [1.82, 2.24) is 20.5 Å². The summed E-state index contributed by atoms with van der Waals surface area (Å²) in [6, 6.07) is 4.26. The number of guanidine groups is 1. The first-order chi connectivity index (χ1) is 13.3. The smallest absolute Gasteiger partial charge is 0.191 e. The van der Waals surface area contributed by atoms with Gasteiger partial charge in [-0.3, -0.25) is 0 Å². The molecule has 2 N–H and O–H groups in total. The van der Waals surface area contributed by atoms with E-state index in [1.165, 1.54) is 0 Å². The minimum atomic E-state index is 0.308. The van der Waals surface area contributed by atoms with Gasteiger partial charge < -0.3 is 25.2 Å². The fourth-order valence-electron chi connectivity index (χ4n) is 3.52. The minimum absolute atomic E-state index is 0.308. The van der Waals surface area contributed by atoms with Crippen LogP contribution in [-0.4, -0.2) is 74.4 Å². The summed E-state index contributed by atoms with van der Waals surface area (Å²) in [5.74, 6) is 1.91. The van der Waals surface area contributed by atoms with Gasteiger partial charge >= 0.3 is 0 Å². The molecule has 3 heterocycles. The zero-order chi connectivity index (χ0) is 18.9.